The van der Waals surface area contributed by atoms with E-state index < -0.39 is 10.0 Å². The second-order valence-corrected chi connectivity index (χ2v) is 5.44. The van der Waals surface area contributed by atoms with Gasteiger partial charge in [0.2, 0.25) is 0 Å². The second-order valence-electron chi connectivity index (χ2n) is 3.56. The Bertz CT molecular complexity index is 643. The van der Waals surface area contributed by atoms with Crippen LogP contribution in [0, 0.1) is 0 Å². The van der Waals surface area contributed by atoms with Crippen molar-refractivity contribution < 1.29 is 8.42 Å². The summed E-state index contributed by atoms with van der Waals surface area (Å²) >= 11 is 0. The highest BCUT2D eigenvalue weighted by Gasteiger charge is 2.25. The van der Waals surface area contributed by atoms with Gasteiger partial charge in [-0.05, 0) is 24.3 Å². The van der Waals surface area contributed by atoms with Crippen molar-refractivity contribution in [3.63, 3.8) is 0 Å². The first-order valence-electron chi connectivity index (χ1n) is 5.14. The Morgan fingerprint density at radius 2 is 1.83 bits per heavy atom. The summed E-state index contributed by atoms with van der Waals surface area (Å²) in [5.74, 6) is 0.308. The molecule has 2 N–H and O–H groups in total. The van der Waals surface area contributed by atoms with E-state index >= 15 is 0 Å². The van der Waals surface area contributed by atoms with E-state index in [1.165, 1.54) is 25.5 Å². The van der Waals surface area contributed by atoms with Gasteiger partial charge in [0.15, 0.2) is 5.03 Å². The Kier molecular flexibility index (Phi) is 3.15. The molecule has 7 heteroatoms. The van der Waals surface area contributed by atoms with Gasteiger partial charge in [-0.1, -0.05) is 6.07 Å². The largest absolute Gasteiger partial charge is 0.396 e. The first-order chi connectivity index (χ1) is 8.53. The van der Waals surface area contributed by atoms with Crippen molar-refractivity contribution in [1.29, 1.82) is 0 Å². The smallest absolute Gasteiger partial charge is 0.284 e. The summed E-state index contributed by atoms with van der Waals surface area (Å²) < 4.78 is 25.6. The van der Waals surface area contributed by atoms with E-state index in [2.05, 4.69) is 9.97 Å². The molecule has 2 aromatic rings. The normalized spacial score (nSPS) is 11.2. The number of nitrogen functional groups attached to an aromatic ring is 1. The highest BCUT2D eigenvalue weighted by molar-refractivity contribution is 7.92. The maximum atomic E-state index is 12.3. The van der Waals surface area contributed by atoms with Gasteiger partial charge < -0.3 is 5.73 Å². The first kappa shape index (κ1) is 12.3. The lowest BCUT2D eigenvalue weighted by molar-refractivity contribution is 0.590. The van der Waals surface area contributed by atoms with Crippen LogP contribution in [0.3, 0.4) is 0 Å². The number of anilines is 2. The van der Waals surface area contributed by atoms with E-state index in [1.807, 2.05) is 0 Å². The zero-order valence-electron chi connectivity index (χ0n) is 9.69. The molecule has 0 amide bonds. The molecule has 18 heavy (non-hydrogen) atoms. The van der Waals surface area contributed by atoms with Crippen molar-refractivity contribution >= 4 is 21.5 Å². The molecule has 2 aromatic heterocycles. The van der Waals surface area contributed by atoms with E-state index in [1.54, 1.807) is 24.3 Å². The summed E-state index contributed by atoms with van der Waals surface area (Å²) in [4.78, 5) is 7.79. The van der Waals surface area contributed by atoms with Crippen molar-refractivity contribution in [2.75, 3.05) is 17.1 Å². The Balaban J connectivity index is 2.48. The van der Waals surface area contributed by atoms with Gasteiger partial charge >= 0.3 is 0 Å². The summed E-state index contributed by atoms with van der Waals surface area (Å²) in [6, 6.07) is 8.08. The molecule has 0 saturated heterocycles. The molecule has 0 atom stereocenters. The third-order valence-corrected chi connectivity index (χ3v) is 4.12. The van der Waals surface area contributed by atoms with Gasteiger partial charge in [-0.3, -0.25) is 4.31 Å². The standard InChI is InChI=1S/C11H12N4O2S/c1-15(10-6-2-3-7-13-10)18(16,17)11-9(12)5-4-8-14-11/h2-8H,12H2,1H3. The minimum absolute atomic E-state index is 0.111. The Morgan fingerprint density at radius 1 is 1.11 bits per heavy atom. The zero-order chi connectivity index (χ0) is 13.2. The van der Waals surface area contributed by atoms with Crippen LogP contribution in [0.15, 0.2) is 47.8 Å². The molecule has 0 unspecified atom stereocenters. The Hall–Kier alpha value is -2.15. The highest BCUT2D eigenvalue weighted by Crippen LogP contribution is 2.21. The average Bonchev–Trinajstić information content (AvgIpc) is 2.39. The number of rotatable bonds is 3. The minimum atomic E-state index is -3.79. The van der Waals surface area contributed by atoms with Gasteiger partial charge in [0.05, 0.1) is 5.69 Å². The zero-order valence-corrected chi connectivity index (χ0v) is 10.5. The molecule has 2 heterocycles. The molecule has 0 bridgehead atoms. The van der Waals surface area contributed by atoms with Crippen LogP contribution in [0.5, 0.6) is 0 Å². The average molecular weight is 264 g/mol. The fraction of sp³-hybridized carbons (Fsp3) is 0.0909. The number of sulfonamides is 1. The van der Waals surface area contributed by atoms with Crippen LogP contribution in [0.1, 0.15) is 0 Å². The summed E-state index contributed by atoms with van der Waals surface area (Å²) in [6.07, 6.45) is 2.90. The third-order valence-electron chi connectivity index (χ3n) is 2.38. The molecule has 0 radical (unpaired) electrons. The molecule has 0 aromatic carbocycles. The molecule has 0 aliphatic rings. The maximum Gasteiger partial charge on any atom is 0.284 e. The topological polar surface area (TPSA) is 89.2 Å². The first-order valence-corrected chi connectivity index (χ1v) is 6.58. The number of nitrogens with two attached hydrogens (primary N) is 1. The molecule has 0 saturated carbocycles. The summed E-state index contributed by atoms with van der Waals surface area (Å²) in [5, 5.41) is -0.168. The van der Waals surface area contributed by atoms with Crippen LogP contribution in [-0.2, 0) is 10.0 Å². The molecule has 0 spiro atoms. The van der Waals surface area contributed by atoms with Gasteiger partial charge in [-0.25, -0.2) is 9.97 Å². The summed E-state index contributed by atoms with van der Waals surface area (Å²) in [7, 11) is -2.38. The van der Waals surface area contributed by atoms with Crippen LogP contribution < -0.4 is 10.0 Å². The number of pyridine rings is 2. The summed E-state index contributed by atoms with van der Waals surface area (Å²) in [6.45, 7) is 0. The van der Waals surface area contributed by atoms with Gasteiger partial charge in [-0.2, -0.15) is 8.42 Å². The molecule has 0 aliphatic heterocycles. The van der Waals surface area contributed by atoms with E-state index in [4.69, 9.17) is 5.73 Å². The van der Waals surface area contributed by atoms with Crippen molar-refractivity contribution in [3.05, 3.63) is 42.7 Å². The number of aromatic nitrogens is 2. The highest BCUT2D eigenvalue weighted by atomic mass is 32.2. The molecule has 0 fully saturated rings. The maximum absolute atomic E-state index is 12.3. The van der Waals surface area contributed by atoms with Crippen molar-refractivity contribution in [1.82, 2.24) is 9.97 Å². The van der Waals surface area contributed by atoms with E-state index in [-0.39, 0.29) is 10.7 Å². The predicted octanol–water partition coefficient (Wildman–Crippen LogP) is 0.884. The molecular weight excluding hydrogens is 252 g/mol. The molecule has 0 aliphatic carbocycles. The van der Waals surface area contributed by atoms with Crippen molar-refractivity contribution in [3.8, 4) is 0 Å². The van der Waals surface area contributed by atoms with Gasteiger partial charge in [-0.15, -0.1) is 0 Å². The Labute approximate surface area is 105 Å². The second kappa shape index (κ2) is 4.61. The predicted molar refractivity (Wildman–Crippen MR) is 68.5 cm³/mol. The quantitative estimate of drug-likeness (QED) is 0.889. The van der Waals surface area contributed by atoms with Crippen LogP contribution in [0.2, 0.25) is 0 Å². The van der Waals surface area contributed by atoms with Crippen LogP contribution in [0.4, 0.5) is 11.5 Å². The van der Waals surface area contributed by atoms with Crippen molar-refractivity contribution in [2.24, 2.45) is 0 Å². The van der Waals surface area contributed by atoms with E-state index in [0.29, 0.717) is 5.82 Å². The van der Waals surface area contributed by atoms with Gasteiger partial charge in [0.25, 0.3) is 10.0 Å². The lowest BCUT2D eigenvalue weighted by atomic mass is 10.4. The molecule has 2 rings (SSSR count). The number of hydrogen-bond donors (Lipinski definition) is 1. The monoisotopic (exact) mass is 264 g/mol. The van der Waals surface area contributed by atoms with E-state index in [0.717, 1.165) is 4.31 Å². The van der Waals surface area contributed by atoms with Crippen LogP contribution >= 0.6 is 0 Å². The minimum Gasteiger partial charge on any atom is -0.396 e. The molecule has 94 valence electrons. The lowest BCUT2D eigenvalue weighted by Gasteiger charge is -2.18. The van der Waals surface area contributed by atoms with E-state index in [9.17, 15) is 8.42 Å². The number of hydrogen-bond acceptors (Lipinski definition) is 5. The van der Waals surface area contributed by atoms with Gasteiger partial charge in [0.1, 0.15) is 5.82 Å². The third kappa shape index (κ3) is 2.12. The van der Waals surface area contributed by atoms with Crippen LogP contribution in [0.25, 0.3) is 0 Å². The van der Waals surface area contributed by atoms with Gasteiger partial charge in [0, 0.05) is 19.4 Å². The van der Waals surface area contributed by atoms with Crippen molar-refractivity contribution in [2.45, 2.75) is 5.03 Å². The molecular formula is C11H12N4O2S. The SMILES string of the molecule is CN(c1ccccn1)S(=O)(=O)c1ncccc1N. The summed E-state index contributed by atoms with van der Waals surface area (Å²) in [5.41, 5.74) is 5.75. The Morgan fingerprint density at radius 3 is 2.44 bits per heavy atom. The molecule has 6 nitrogen and oxygen atoms in total. The number of nitrogens with zero attached hydrogens (tertiary/aromatic N) is 3. The van der Waals surface area contributed by atoms with Crippen LogP contribution in [-0.4, -0.2) is 25.4 Å². The fourth-order valence-corrected chi connectivity index (χ4v) is 2.59. The fourth-order valence-electron chi connectivity index (χ4n) is 1.41. The lowest BCUT2D eigenvalue weighted by Crippen LogP contribution is -2.28.